The van der Waals surface area contributed by atoms with Gasteiger partial charge in [0, 0.05) is 0 Å². The molecule has 1 amide bonds. The number of benzene rings is 2. The predicted molar refractivity (Wildman–Crippen MR) is 102 cm³/mol. The Bertz CT molecular complexity index is 808. The number of ether oxygens (including phenoxy) is 2. The second kappa shape index (κ2) is 9.37. The summed E-state index contributed by atoms with van der Waals surface area (Å²) in [6.45, 7) is 5.26. The van der Waals surface area contributed by atoms with E-state index in [1.54, 1.807) is 12.1 Å². The molecule has 0 aromatic heterocycles. The first-order valence-electron chi connectivity index (χ1n) is 8.44. The summed E-state index contributed by atoms with van der Waals surface area (Å²) in [5.74, 6) is -0.852. The molecule has 0 aliphatic carbocycles. The van der Waals surface area contributed by atoms with E-state index >= 15 is 0 Å². The van der Waals surface area contributed by atoms with Gasteiger partial charge >= 0.3 is 5.97 Å². The van der Waals surface area contributed by atoms with Gasteiger partial charge in [-0.2, -0.15) is 0 Å². The van der Waals surface area contributed by atoms with Crippen LogP contribution in [0.25, 0.3) is 0 Å². The zero-order chi connectivity index (χ0) is 20.0. The van der Waals surface area contributed by atoms with Gasteiger partial charge in [-0.25, -0.2) is 9.18 Å². The summed E-state index contributed by atoms with van der Waals surface area (Å²) in [7, 11) is 0. The van der Waals surface area contributed by atoms with Gasteiger partial charge in [0.15, 0.2) is 12.7 Å². The third-order valence-electron chi connectivity index (χ3n) is 3.77. The second-order valence-corrected chi connectivity index (χ2v) is 6.67. The Hall–Kier alpha value is -2.60. The van der Waals surface area contributed by atoms with Crippen LogP contribution in [0.1, 0.15) is 32.3 Å². The molecule has 0 fully saturated rings. The minimum Gasteiger partial charge on any atom is -0.482 e. The van der Waals surface area contributed by atoms with Gasteiger partial charge in [-0.1, -0.05) is 37.6 Å². The van der Waals surface area contributed by atoms with Crippen LogP contribution in [0.15, 0.2) is 42.5 Å². The molecule has 0 saturated carbocycles. The summed E-state index contributed by atoms with van der Waals surface area (Å²) in [5, 5.41) is 2.53. The molecule has 2 rings (SSSR count). The maximum atomic E-state index is 13.0. The van der Waals surface area contributed by atoms with Gasteiger partial charge < -0.3 is 14.8 Å². The van der Waals surface area contributed by atoms with Crippen molar-refractivity contribution in [1.29, 1.82) is 0 Å². The normalized spacial score (nSPS) is 11.8. The Morgan fingerprint density at radius 3 is 2.37 bits per heavy atom. The average Bonchev–Trinajstić information content (AvgIpc) is 2.62. The summed E-state index contributed by atoms with van der Waals surface area (Å²) < 4.78 is 23.4. The van der Waals surface area contributed by atoms with Crippen molar-refractivity contribution in [3.63, 3.8) is 0 Å². The van der Waals surface area contributed by atoms with Crippen molar-refractivity contribution in [2.75, 3.05) is 11.9 Å². The van der Waals surface area contributed by atoms with Crippen LogP contribution < -0.4 is 10.1 Å². The zero-order valence-electron chi connectivity index (χ0n) is 15.3. The van der Waals surface area contributed by atoms with E-state index < -0.39 is 23.8 Å². The van der Waals surface area contributed by atoms with Crippen LogP contribution in [-0.2, 0) is 14.3 Å². The van der Waals surface area contributed by atoms with Crippen molar-refractivity contribution in [2.24, 2.45) is 0 Å². The quantitative estimate of drug-likeness (QED) is 0.701. The molecule has 0 saturated heterocycles. The fraction of sp³-hybridized carbons (Fsp3) is 0.300. The lowest BCUT2D eigenvalue weighted by atomic mass is 10.0. The van der Waals surface area contributed by atoms with Crippen molar-refractivity contribution in [1.82, 2.24) is 0 Å². The Kier molecular flexibility index (Phi) is 7.19. The molecule has 0 radical (unpaired) electrons. The third kappa shape index (κ3) is 6.25. The molecule has 144 valence electrons. The summed E-state index contributed by atoms with van der Waals surface area (Å²) in [4.78, 5) is 23.9. The summed E-state index contributed by atoms with van der Waals surface area (Å²) in [5.41, 5.74) is 1.39. The number of rotatable bonds is 7. The molecule has 0 unspecified atom stereocenters. The predicted octanol–water partition coefficient (Wildman–Crippen LogP) is 4.55. The molecule has 0 aliphatic heterocycles. The lowest BCUT2D eigenvalue weighted by molar-refractivity contribution is -0.155. The van der Waals surface area contributed by atoms with Crippen molar-refractivity contribution >= 4 is 29.2 Å². The van der Waals surface area contributed by atoms with Gasteiger partial charge in [-0.05, 0) is 48.7 Å². The highest BCUT2D eigenvalue weighted by Crippen LogP contribution is 2.22. The van der Waals surface area contributed by atoms with Crippen molar-refractivity contribution in [2.45, 2.75) is 32.8 Å². The Labute approximate surface area is 162 Å². The highest BCUT2D eigenvalue weighted by molar-refractivity contribution is 6.33. The van der Waals surface area contributed by atoms with Crippen LogP contribution >= 0.6 is 11.6 Å². The van der Waals surface area contributed by atoms with E-state index in [9.17, 15) is 14.0 Å². The SMILES string of the molecule is CC(C)c1ccc(OCC(=O)O[C@H](C)C(=O)Nc2ccc(F)cc2Cl)cc1. The first-order valence-corrected chi connectivity index (χ1v) is 8.82. The number of nitrogens with one attached hydrogen (secondary N) is 1. The van der Waals surface area contributed by atoms with Crippen molar-refractivity contribution in [3.05, 3.63) is 58.9 Å². The maximum absolute atomic E-state index is 13.0. The van der Waals surface area contributed by atoms with Crippen LogP contribution in [0.3, 0.4) is 0 Å². The zero-order valence-corrected chi connectivity index (χ0v) is 16.0. The number of halogens is 2. The first-order chi connectivity index (χ1) is 12.8. The van der Waals surface area contributed by atoms with E-state index in [1.165, 1.54) is 13.0 Å². The average molecular weight is 394 g/mol. The summed E-state index contributed by atoms with van der Waals surface area (Å²) in [6.07, 6.45) is -1.06. The van der Waals surface area contributed by atoms with Gasteiger partial charge in [0.1, 0.15) is 11.6 Å². The van der Waals surface area contributed by atoms with Crippen LogP contribution in [0.4, 0.5) is 10.1 Å². The Morgan fingerprint density at radius 2 is 1.78 bits per heavy atom. The summed E-state index contributed by atoms with van der Waals surface area (Å²) >= 11 is 5.85. The van der Waals surface area contributed by atoms with Crippen LogP contribution in [0.2, 0.25) is 5.02 Å². The van der Waals surface area contributed by atoms with E-state index in [-0.39, 0.29) is 17.3 Å². The van der Waals surface area contributed by atoms with E-state index in [4.69, 9.17) is 21.1 Å². The minimum absolute atomic E-state index is 0.0510. The number of anilines is 1. The summed E-state index contributed by atoms with van der Waals surface area (Å²) in [6, 6.07) is 11.0. The van der Waals surface area contributed by atoms with Crippen LogP contribution in [0, 0.1) is 5.82 Å². The van der Waals surface area contributed by atoms with Crippen LogP contribution in [0.5, 0.6) is 5.75 Å². The molecule has 0 heterocycles. The number of carbonyl (C=O) groups excluding carboxylic acids is 2. The number of hydrogen-bond donors (Lipinski definition) is 1. The van der Waals surface area contributed by atoms with Crippen molar-refractivity contribution in [3.8, 4) is 5.75 Å². The van der Waals surface area contributed by atoms with E-state index in [2.05, 4.69) is 19.2 Å². The molecule has 0 bridgehead atoms. The number of carbonyl (C=O) groups is 2. The molecule has 7 heteroatoms. The lowest BCUT2D eigenvalue weighted by Crippen LogP contribution is -2.31. The van der Waals surface area contributed by atoms with Gasteiger partial charge in [0.2, 0.25) is 0 Å². The number of hydrogen-bond acceptors (Lipinski definition) is 4. The van der Waals surface area contributed by atoms with Crippen LogP contribution in [-0.4, -0.2) is 24.6 Å². The maximum Gasteiger partial charge on any atom is 0.344 e. The van der Waals surface area contributed by atoms with Gasteiger partial charge in [0.05, 0.1) is 10.7 Å². The van der Waals surface area contributed by atoms with E-state index in [0.29, 0.717) is 11.7 Å². The molecule has 2 aromatic carbocycles. The molecule has 27 heavy (non-hydrogen) atoms. The molecular formula is C20H21ClFNO4. The van der Waals surface area contributed by atoms with E-state index in [1.807, 2.05) is 12.1 Å². The highest BCUT2D eigenvalue weighted by Gasteiger charge is 2.19. The smallest absolute Gasteiger partial charge is 0.344 e. The van der Waals surface area contributed by atoms with Gasteiger partial charge in [0.25, 0.3) is 5.91 Å². The minimum atomic E-state index is -1.06. The molecule has 0 aliphatic rings. The molecule has 5 nitrogen and oxygen atoms in total. The molecule has 2 aromatic rings. The van der Waals surface area contributed by atoms with Crippen molar-refractivity contribution < 1.29 is 23.5 Å². The topological polar surface area (TPSA) is 64.6 Å². The van der Waals surface area contributed by atoms with Gasteiger partial charge in [-0.15, -0.1) is 0 Å². The monoisotopic (exact) mass is 393 g/mol. The third-order valence-corrected chi connectivity index (χ3v) is 4.08. The first kappa shape index (κ1) is 20.7. The van der Waals surface area contributed by atoms with Gasteiger partial charge in [-0.3, -0.25) is 4.79 Å². The Morgan fingerprint density at radius 1 is 1.11 bits per heavy atom. The lowest BCUT2D eigenvalue weighted by Gasteiger charge is -2.14. The fourth-order valence-corrected chi connectivity index (χ4v) is 2.42. The molecule has 1 atom stereocenters. The largest absolute Gasteiger partial charge is 0.482 e. The number of esters is 1. The standard InChI is InChI=1S/C20H21ClFNO4/c1-12(2)14-4-7-16(8-5-14)26-11-19(24)27-13(3)20(25)23-18-9-6-15(22)10-17(18)21/h4-10,12-13H,11H2,1-3H3,(H,23,25)/t13-/m1/s1. The fourth-order valence-electron chi connectivity index (χ4n) is 2.20. The molecular weight excluding hydrogens is 373 g/mol. The molecule has 0 spiro atoms. The highest BCUT2D eigenvalue weighted by atomic mass is 35.5. The molecule has 1 N–H and O–H groups in total. The number of amides is 1. The van der Waals surface area contributed by atoms with E-state index in [0.717, 1.165) is 17.7 Å². The second-order valence-electron chi connectivity index (χ2n) is 6.26. The Balaban J connectivity index is 1.82.